The smallest absolute Gasteiger partial charge is 0.135 e. The number of hydrogen-bond donors (Lipinski definition) is 2. The van der Waals surface area contributed by atoms with Crippen molar-refractivity contribution in [3.8, 4) is 17.1 Å². The molecule has 2 N–H and O–H groups in total. The summed E-state index contributed by atoms with van der Waals surface area (Å²) < 4.78 is 22.2. The van der Waals surface area contributed by atoms with Crippen LogP contribution in [0.15, 0.2) is 52.9 Å². The Hall–Kier alpha value is -2.54. The number of furan rings is 1. The molecule has 0 saturated heterocycles. The van der Waals surface area contributed by atoms with Crippen molar-refractivity contribution in [2.75, 3.05) is 52.0 Å². The molecule has 0 saturated carbocycles. The van der Waals surface area contributed by atoms with E-state index in [9.17, 15) is 0 Å². The van der Waals surface area contributed by atoms with Crippen LogP contribution < -0.4 is 10.1 Å². The minimum absolute atomic E-state index is 0.0303. The Morgan fingerprint density at radius 3 is 2.37 bits per heavy atom. The lowest BCUT2D eigenvalue weighted by molar-refractivity contribution is 0.0247. The van der Waals surface area contributed by atoms with E-state index >= 15 is 0 Å². The van der Waals surface area contributed by atoms with Crippen LogP contribution in [0.2, 0.25) is 0 Å². The van der Waals surface area contributed by atoms with Crippen LogP contribution in [-0.4, -0.2) is 51.8 Å². The highest BCUT2D eigenvalue weighted by Crippen LogP contribution is 2.30. The highest BCUT2D eigenvalue weighted by molar-refractivity contribution is 5.84. The molecule has 0 atom stereocenters. The third-order valence-corrected chi connectivity index (χ3v) is 4.05. The zero-order valence-electron chi connectivity index (χ0n) is 15.4. The molecule has 0 fully saturated rings. The van der Waals surface area contributed by atoms with Crippen molar-refractivity contribution < 1.29 is 23.7 Å². The van der Waals surface area contributed by atoms with Gasteiger partial charge in [-0.2, -0.15) is 0 Å². The fourth-order valence-electron chi connectivity index (χ4n) is 2.66. The third-order valence-electron chi connectivity index (χ3n) is 4.05. The largest absolute Gasteiger partial charge is 0.491 e. The monoisotopic (exact) mass is 371 g/mol. The first-order valence-corrected chi connectivity index (χ1v) is 9.01. The molecule has 0 aliphatic heterocycles. The van der Waals surface area contributed by atoms with Gasteiger partial charge in [-0.15, -0.1) is 0 Å². The van der Waals surface area contributed by atoms with E-state index in [1.807, 2.05) is 55.6 Å². The SMILES string of the molecule is CNc1ccc(-c2cc3cc(OCCOCCOCCO)ccc3o2)cc1. The number of anilines is 1. The topological polar surface area (TPSA) is 73.1 Å². The van der Waals surface area contributed by atoms with Gasteiger partial charge in [0.25, 0.3) is 0 Å². The highest BCUT2D eigenvalue weighted by Gasteiger charge is 2.07. The average Bonchev–Trinajstić information content (AvgIpc) is 3.13. The summed E-state index contributed by atoms with van der Waals surface area (Å²) in [6, 6.07) is 15.9. The molecule has 3 rings (SSSR count). The van der Waals surface area contributed by atoms with E-state index in [0.29, 0.717) is 33.0 Å². The Kier molecular flexibility index (Phi) is 7.10. The first-order chi connectivity index (χ1) is 13.3. The molecule has 0 bridgehead atoms. The maximum atomic E-state index is 8.60. The first-order valence-electron chi connectivity index (χ1n) is 9.01. The number of rotatable bonds is 11. The van der Waals surface area contributed by atoms with Gasteiger partial charge in [-0.25, -0.2) is 0 Å². The van der Waals surface area contributed by atoms with E-state index in [0.717, 1.165) is 33.7 Å². The molecular weight excluding hydrogens is 346 g/mol. The third kappa shape index (κ3) is 5.47. The lowest BCUT2D eigenvalue weighted by Crippen LogP contribution is -2.11. The van der Waals surface area contributed by atoms with Crippen LogP contribution in [0.4, 0.5) is 5.69 Å². The number of fused-ring (bicyclic) bond motifs is 1. The first kappa shape index (κ1) is 19.2. The highest BCUT2D eigenvalue weighted by atomic mass is 16.5. The Labute approximate surface area is 158 Å². The molecule has 0 amide bonds. The molecular formula is C21H25NO5. The molecule has 1 heterocycles. The Balaban J connectivity index is 1.52. The van der Waals surface area contributed by atoms with Crippen molar-refractivity contribution in [2.45, 2.75) is 0 Å². The summed E-state index contributed by atoms with van der Waals surface area (Å²) >= 11 is 0. The number of nitrogens with one attached hydrogen (secondary N) is 1. The minimum Gasteiger partial charge on any atom is -0.491 e. The average molecular weight is 371 g/mol. The van der Waals surface area contributed by atoms with E-state index in [-0.39, 0.29) is 6.61 Å². The second-order valence-corrected chi connectivity index (χ2v) is 5.93. The zero-order valence-corrected chi connectivity index (χ0v) is 15.4. The maximum absolute atomic E-state index is 8.60. The summed E-state index contributed by atoms with van der Waals surface area (Å²) in [7, 11) is 1.90. The number of aliphatic hydroxyl groups excluding tert-OH is 1. The fraction of sp³-hybridized carbons (Fsp3) is 0.333. The van der Waals surface area contributed by atoms with Gasteiger partial charge in [0.05, 0.1) is 33.0 Å². The lowest BCUT2D eigenvalue weighted by atomic mass is 10.1. The van der Waals surface area contributed by atoms with Crippen LogP contribution in [0.25, 0.3) is 22.3 Å². The molecule has 6 nitrogen and oxygen atoms in total. The van der Waals surface area contributed by atoms with E-state index in [1.54, 1.807) is 0 Å². The number of hydrogen-bond acceptors (Lipinski definition) is 6. The van der Waals surface area contributed by atoms with Crippen molar-refractivity contribution >= 4 is 16.7 Å². The Bertz CT molecular complexity index is 828. The molecule has 6 heteroatoms. The molecule has 0 aliphatic carbocycles. The molecule has 0 spiro atoms. The summed E-state index contributed by atoms with van der Waals surface area (Å²) in [4.78, 5) is 0. The quantitative estimate of drug-likeness (QED) is 0.502. The van der Waals surface area contributed by atoms with Crippen LogP contribution >= 0.6 is 0 Å². The molecule has 144 valence electrons. The minimum atomic E-state index is 0.0303. The molecule has 3 aromatic rings. The van der Waals surface area contributed by atoms with Crippen molar-refractivity contribution in [1.82, 2.24) is 0 Å². The van der Waals surface area contributed by atoms with Crippen molar-refractivity contribution in [2.24, 2.45) is 0 Å². The molecule has 0 unspecified atom stereocenters. The van der Waals surface area contributed by atoms with E-state index in [4.69, 9.17) is 23.7 Å². The second kappa shape index (κ2) is 9.97. The molecule has 0 aliphatic rings. The normalized spacial score (nSPS) is 11.0. The van der Waals surface area contributed by atoms with Crippen LogP contribution in [0.3, 0.4) is 0 Å². The maximum Gasteiger partial charge on any atom is 0.135 e. The van der Waals surface area contributed by atoms with Crippen molar-refractivity contribution in [3.05, 3.63) is 48.5 Å². The van der Waals surface area contributed by atoms with E-state index in [1.165, 1.54) is 0 Å². The van der Waals surface area contributed by atoms with E-state index in [2.05, 4.69) is 5.32 Å². The summed E-state index contributed by atoms with van der Waals surface area (Å²) in [5, 5.41) is 12.7. The van der Waals surface area contributed by atoms with Gasteiger partial charge in [0.1, 0.15) is 23.7 Å². The summed E-state index contributed by atoms with van der Waals surface area (Å²) in [6.07, 6.45) is 0. The summed E-state index contributed by atoms with van der Waals surface area (Å²) in [6.45, 7) is 2.27. The van der Waals surface area contributed by atoms with Gasteiger partial charge in [0, 0.05) is 23.7 Å². The number of benzene rings is 2. The van der Waals surface area contributed by atoms with Gasteiger partial charge in [0.2, 0.25) is 0 Å². The fourth-order valence-corrected chi connectivity index (χ4v) is 2.66. The van der Waals surface area contributed by atoms with Gasteiger partial charge >= 0.3 is 0 Å². The van der Waals surface area contributed by atoms with Crippen LogP contribution in [0, 0.1) is 0 Å². The standard InChI is InChI=1S/C21H25NO5/c1-22-18-4-2-16(3-5-18)21-15-17-14-19(6-7-20(17)27-21)26-13-12-25-11-10-24-9-8-23/h2-7,14-15,22-23H,8-13H2,1H3. The van der Waals surface area contributed by atoms with Crippen LogP contribution in [0.1, 0.15) is 0 Å². The van der Waals surface area contributed by atoms with E-state index < -0.39 is 0 Å². The molecule has 27 heavy (non-hydrogen) atoms. The van der Waals surface area contributed by atoms with Gasteiger partial charge in [-0.1, -0.05) is 0 Å². The lowest BCUT2D eigenvalue weighted by Gasteiger charge is -2.07. The summed E-state index contributed by atoms with van der Waals surface area (Å²) in [5.41, 5.74) is 2.92. The molecule has 2 aromatic carbocycles. The van der Waals surface area contributed by atoms with Crippen LogP contribution in [0.5, 0.6) is 5.75 Å². The Morgan fingerprint density at radius 2 is 1.63 bits per heavy atom. The van der Waals surface area contributed by atoms with Crippen molar-refractivity contribution in [1.29, 1.82) is 0 Å². The van der Waals surface area contributed by atoms with Gasteiger partial charge in [-0.05, 0) is 48.5 Å². The Morgan fingerprint density at radius 1 is 0.889 bits per heavy atom. The molecule has 0 radical (unpaired) electrons. The van der Waals surface area contributed by atoms with Crippen molar-refractivity contribution in [3.63, 3.8) is 0 Å². The second-order valence-electron chi connectivity index (χ2n) is 5.93. The summed E-state index contributed by atoms with van der Waals surface area (Å²) in [5.74, 6) is 1.61. The van der Waals surface area contributed by atoms with Crippen LogP contribution in [-0.2, 0) is 9.47 Å². The number of ether oxygens (including phenoxy) is 3. The van der Waals surface area contributed by atoms with Gasteiger partial charge in [0.15, 0.2) is 0 Å². The predicted molar refractivity (Wildman–Crippen MR) is 105 cm³/mol. The number of aliphatic hydroxyl groups is 1. The van der Waals surface area contributed by atoms with Gasteiger partial charge < -0.3 is 29.1 Å². The predicted octanol–water partition coefficient (Wildman–Crippen LogP) is 3.55. The zero-order chi connectivity index (χ0) is 18.9. The molecule has 1 aromatic heterocycles. The van der Waals surface area contributed by atoms with Gasteiger partial charge in [-0.3, -0.25) is 0 Å².